The number of hydrogen-bond donors (Lipinski definition) is 2. The molecule has 3 nitrogen and oxygen atoms in total. The molecule has 0 spiro atoms. The molecule has 0 aromatic heterocycles. The molecule has 0 heterocycles. The van der Waals surface area contributed by atoms with Crippen molar-refractivity contribution in [3.63, 3.8) is 0 Å². The van der Waals surface area contributed by atoms with Crippen LogP contribution in [0.15, 0.2) is 0 Å². The van der Waals surface area contributed by atoms with E-state index < -0.39 is 0 Å². The fraction of sp³-hybridized carbons (Fsp3) is 1.00. The molecular formula is C9H22N2O. The molecule has 0 aliphatic rings. The lowest BCUT2D eigenvalue weighted by Crippen LogP contribution is -2.45. The van der Waals surface area contributed by atoms with Crippen molar-refractivity contribution < 1.29 is 4.74 Å². The molecule has 0 saturated carbocycles. The van der Waals surface area contributed by atoms with Crippen LogP contribution in [0.25, 0.3) is 0 Å². The summed E-state index contributed by atoms with van der Waals surface area (Å²) < 4.78 is 5.74. The highest BCUT2D eigenvalue weighted by molar-refractivity contribution is 4.72. The molecule has 12 heavy (non-hydrogen) atoms. The van der Waals surface area contributed by atoms with Crippen molar-refractivity contribution >= 4 is 0 Å². The summed E-state index contributed by atoms with van der Waals surface area (Å²) in [6.45, 7) is 5.95. The lowest BCUT2D eigenvalue weighted by Gasteiger charge is -2.31. The zero-order valence-corrected chi connectivity index (χ0v) is 8.74. The van der Waals surface area contributed by atoms with Gasteiger partial charge in [-0.25, -0.2) is 0 Å². The Labute approximate surface area is 75.9 Å². The predicted octanol–water partition coefficient (Wildman–Crippen LogP) is 0.958. The van der Waals surface area contributed by atoms with Crippen molar-refractivity contribution in [3.05, 3.63) is 0 Å². The summed E-state index contributed by atoms with van der Waals surface area (Å²) in [6, 6.07) is 0. The molecule has 0 radical (unpaired) electrons. The van der Waals surface area contributed by atoms with Crippen molar-refractivity contribution in [2.24, 2.45) is 0 Å². The molecule has 0 aromatic rings. The average Bonchev–Trinajstić information content (AvgIpc) is 2.14. The van der Waals surface area contributed by atoms with E-state index >= 15 is 0 Å². The monoisotopic (exact) mass is 174 g/mol. The minimum Gasteiger partial charge on any atom is -0.359 e. The number of nitrogens with one attached hydrogen (secondary N) is 2. The maximum atomic E-state index is 5.74. The SMILES string of the molecule is CCC(CC)(NC)OCCNC. The van der Waals surface area contributed by atoms with Crippen molar-refractivity contribution in [2.45, 2.75) is 32.4 Å². The van der Waals surface area contributed by atoms with Gasteiger partial charge in [0, 0.05) is 6.54 Å². The molecule has 2 N–H and O–H groups in total. The second-order valence-corrected chi connectivity index (χ2v) is 2.90. The zero-order chi connectivity index (χ0) is 9.45. The highest BCUT2D eigenvalue weighted by Crippen LogP contribution is 2.15. The van der Waals surface area contributed by atoms with E-state index in [4.69, 9.17) is 4.74 Å². The van der Waals surface area contributed by atoms with Gasteiger partial charge in [0.05, 0.1) is 6.61 Å². The minimum atomic E-state index is -0.114. The van der Waals surface area contributed by atoms with Gasteiger partial charge >= 0.3 is 0 Å². The Balaban J connectivity index is 3.76. The molecule has 0 fully saturated rings. The van der Waals surface area contributed by atoms with E-state index in [0.717, 1.165) is 26.0 Å². The van der Waals surface area contributed by atoms with Gasteiger partial charge in [0.2, 0.25) is 0 Å². The molecular weight excluding hydrogens is 152 g/mol. The standard InChI is InChI=1S/C9H22N2O/c1-5-9(6-2,11-4)12-8-7-10-3/h10-11H,5-8H2,1-4H3. The minimum absolute atomic E-state index is 0.114. The van der Waals surface area contributed by atoms with Gasteiger partial charge in [-0.1, -0.05) is 13.8 Å². The van der Waals surface area contributed by atoms with Crippen molar-refractivity contribution in [2.75, 3.05) is 27.2 Å². The van der Waals surface area contributed by atoms with Crippen LogP contribution in [-0.4, -0.2) is 33.0 Å². The average molecular weight is 174 g/mol. The molecule has 0 unspecified atom stereocenters. The van der Waals surface area contributed by atoms with Crippen LogP contribution in [-0.2, 0) is 4.74 Å². The van der Waals surface area contributed by atoms with Gasteiger partial charge in [0.1, 0.15) is 5.72 Å². The van der Waals surface area contributed by atoms with Crippen molar-refractivity contribution in [1.82, 2.24) is 10.6 Å². The van der Waals surface area contributed by atoms with Crippen LogP contribution in [0, 0.1) is 0 Å². The molecule has 0 aliphatic heterocycles. The quantitative estimate of drug-likeness (QED) is 0.445. The van der Waals surface area contributed by atoms with E-state index in [2.05, 4.69) is 24.5 Å². The summed E-state index contributed by atoms with van der Waals surface area (Å²) in [5, 5.41) is 6.28. The molecule has 3 heteroatoms. The van der Waals surface area contributed by atoms with E-state index in [1.165, 1.54) is 0 Å². The maximum Gasteiger partial charge on any atom is 0.118 e. The van der Waals surface area contributed by atoms with E-state index in [1.54, 1.807) is 0 Å². The van der Waals surface area contributed by atoms with Gasteiger partial charge in [0.25, 0.3) is 0 Å². The first-order chi connectivity index (χ1) is 5.74. The molecule has 0 bridgehead atoms. The molecule has 74 valence electrons. The van der Waals surface area contributed by atoms with Gasteiger partial charge in [-0.15, -0.1) is 0 Å². The topological polar surface area (TPSA) is 33.3 Å². The number of rotatable bonds is 7. The fourth-order valence-corrected chi connectivity index (χ4v) is 1.23. The van der Waals surface area contributed by atoms with Crippen LogP contribution >= 0.6 is 0 Å². The third-order valence-electron chi connectivity index (χ3n) is 2.33. The van der Waals surface area contributed by atoms with Gasteiger partial charge in [-0.2, -0.15) is 0 Å². The largest absolute Gasteiger partial charge is 0.359 e. The first-order valence-electron chi connectivity index (χ1n) is 4.72. The van der Waals surface area contributed by atoms with Crippen LogP contribution < -0.4 is 10.6 Å². The summed E-state index contributed by atoms with van der Waals surface area (Å²) in [4.78, 5) is 0. The van der Waals surface area contributed by atoms with Gasteiger partial charge in [0.15, 0.2) is 0 Å². The zero-order valence-electron chi connectivity index (χ0n) is 8.74. The Morgan fingerprint density at radius 3 is 2.08 bits per heavy atom. The molecule has 0 aliphatic carbocycles. The van der Waals surface area contributed by atoms with Gasteiger partial charge < -0.3 is 10.1 Å². The number of hydrogen-bond acceptors (Lipinski definition) is 3. The van der Waals surface area contributed by atoms with Crippen LogP contribution in [0.3, 0.4) is 0 Å². The van der Waals surface area contributed by atoms with Crippen LogP contribution in [0.5, 0.6) is 0 Å². The normalized spacial score (nSPS) is 12.0. The van der Waals surface area contributed by atoms with Gasteiger partial charge in [-0.05, 0) is 26.9 Å². The number of ether oxygens (including phenoxy) is 1. The lowest BCUT2D eigenvalue weighted by atomic mass is 10.1. The highest BCUT2D eigenvalue weighted by atomic mass is 16.5. The summed E-state index contributed by atoms with van der Waals surface area (Å²) in [6.07, 6.45) is 2.01. The first-order valence-corrected chi connectivity index (χ1v) is 4.72. The molecule has 0 aromatic carbocycles. The third kappa shape index (κ3) is 3.52. The predicted molar refractivity (Wildman–Crippen MR) is 52.3 cm³/mol. The third-order valence-corrected chi connectivity index (χ3v) is 2.33. The lowest BCUT2D eigenvalue weighted by molar-refractivity contribution is -0.0695. The van der Waals surface area contributed by atoms with Crippen LogP contribution in [0.2, 0.25) is 0 Å². The number of likely N-dealkylation sites (N-methyl/N-ethyl adjacent to an activating group) is 1. The Bertz CT molecular complexity index is 94.4. The maximum absolute atomic E-state index is 5.74. The smallest absolute Gasteiger partial charge is 0.118 e. The summed E-state index contributed by atoms with van der Waals surface area (Å²) in [7, 11) is 3.88. The second-order valence-electron chi connectivity index (χ2n) is 2.90. The molecule has 0 atom stereocenters. The summed E-state index contributed by atoms with van der Waals surface area (Å²) in [5.74, 6) is 0. The van der Waals surface area contributed by atoms with Crippen molar-refractivity contribution in [1.29, 1.82) is 0 Å². The Hall–Kier alpha value is -0.120. The Kier molecular flexibility index (Phi) is 6.34. The molecule has 0 rings (SSSR count). The fourth-order valence-electron chi connectivity index (χ4n) is 1.23. The summed E-state index contributed by atoms with van der Waals surface area (Å²) in [5.41, 5.74) is -0.114. The van der Waals surface area contributed by atoms with E-state index in [-0.39, 0.29) is 5.72 Å². The van der Waals surface area contributed by atoms with Crippen LogP contribution in [0.1, 0.15) is 26.7 Å². The molecule has 0 saturated heterocycles. The van der Waals surface area contributed by atoms with E-state index in [1.807, 2.05) is 14.1 Å². The molecule has 0 amide bonds. The van der Waals surface area contributed by atoms with Gasteiger partial charge in [-0.3, -0.25) is 5.32 Å². The Morgan fingerprint density at radius 2 is 1.75 bits per heavy atom. The first kappa shape index (κ1) is 11.9. The summed E-state index contributed by atoms with van der Waals surface area (Å²) >= 11 is 0. The van der Waals surface area contributed by atoms with Crippen LogP contribution in [0.4, 0.5) is 0 Å². The second kappa shape index (κ2) is 6.40. The van der Waals surface area contributed by atoms with E-state index in [0.29, 0.717) is 0 Å². The van der Waals surface area contributed by atoms with E-state index in [9.17, 15) is 0 Å². The Morgan fingerprint density at radius 1 is 1.17 bits per heavy atom. The highest BCUT2D eigenvalue weighted by Gasteiger charge is 2.23. The van der Waals surface area contributed by atoms with Crippen molar-refractivity contribution in [3.8, 4) is 0 Å².